The molecule has 2 fully saturated rings. The minimum Gasteiger partial charge on any atom is -0.493 e. The van der Waals surface area contributed by atoms with Crippen LogP contribution in [0.4, 0.5) is 0 Å². The van der Waals surface area contributed by atoms with Crippen LogP contribution in [-0.4, -0.2) is 93.5 Å². The van der Waals surface area contributed by atoms with E-state index in [-0.39, 0.29) is 48.9 Å². The molecule has 0 aliphatic carbocycles. The Balaban J connectivity index is 1.26. The number of rotatable bonds is 3. The fourth-order valence-electron chi connectivity index (χ4n) is 6.04. The van der Waals surface area contributed by atoms with Crippen molar-refractivity contribution in [2.24, 2.45) is 5.92 Å². The molecule has 4 aliphatic rings. The number of nitrogens with zero attached hydrogens (tertiary/aromatic N) is 2. The highest BCUT2D eigenvalue weighted by atomic mass is 16.7. The first-order chi connectivity index (χ1) is 20.0. The topological polar surface area (TPSA) is 116 Å². The Kier molecular flexibility index (Phi) is 7.86. The second kappa shape index (κ2) is 11.9. The van der Waals surface area contributed by atoms with E-state index in [0.717, 1.165) is 5.56 Å². The highest BCUT2D eigenvalue weighted by Crippen LogP contribution is 2.37. The van der Waals surface area contributed by atoms with Crippen LogP contribution in [0.15, 0.2) is 36.4 Å². The summed E-state index contributed by atoms with van der Waals surface area (Å²) in [6, 6.07) is 10.5. The SMILES string of the molecule is COc1ccc2cc1OCCCN(C(=O)C1CCOCC1)CC(=O)N[C@H]1CN(C(=O)c3ccc4c(c3)OCO4)C[C@H]21. The third-order valence-electron chi connectivity index (χ3n) is 8.24. The van der Waals surface area contributed by atoms with Crippen LogP contribution in [0.25, 0.3) is 0 Å². The monoisotopic (exact) mass is 565 g/mol. The molecule has 2 aromatic carbocycles. The van der Waals surface area contributed by atoms with E-state index < -0.39 is 0 Å². The van der Waals surface area contributed by atoms with Crippen molar-refractivity contribution in [1.29, 1.82) is 0 Å². The minimum atomic E-state index is -0.359. The van der Waals surface area contributed by atoms with Gasteiger partial charge in [-0.15, -0.1) is 0 Å². The summed E-state index contributed by atoms with van der Waals surface area (Å²) in [7, 11) is 1.59. The van der Waals surface area contributed by atoms with Gasteiger partial charge in [-0.1, -0.05) is 6.07 Å². The molecule has 2 bridgehead atoms. The number of nitrogens with one attached hydrogen (secondary N) is 1. The van der Waals surface area contributed by atoms with Gasteiger partial charge in [-0.3, -0.25) is 14.4 Å². The number of likely N-dealkylation sites (tertiary alicyclic amines) is 1. The molecule has 2 saturated heterocycles. The minimum absolute atomic E-state index is 0.0287. The number of benzene rings is 2. The Labute approximate surface area is 238 Å². The molecule has 0 radical (unpaired) electrons. The lowest BCUT2D eigenvalue weighted by atomic mass is 9.93. The van der Waals surface area contributed by atoms with Gasteiger partial charge in [0.25, 0.3) is 5.91 Å². The van der Waals surface area contributed by atoms with E-state index in [1.165, 1.54) is 0 Å². The third-order valence-corrected chi connectivity index (χ3v) is 8.24. The summed E-state index contributed by atoms with van der Waals surface area (Å²) in [5, 5.41) is 3.15. The average molecular weight is 566 g/mol. The summed E-state index contributed by atoms with van der Waals surface area (Å²) >= 11 is 0. The van der Waals surface area contributed by atoms with Crippen molar-refractivity contribution in [2.45, 2.75) is 31.2 Å². The first kappa shape index (κ1) is 27.2. The number of amides is 3. The lowest BCUT2D eigenvalue weighted by molar-refractivity contribution is -0.142. The van der Waals surface area contributed by atoms with Gasteiger partial charge in [-0.2, -0.15) is 0 Å². The zero-order valence-corrected chi connectivity index (χ0v) is 23.1. The van der Waals surface area contributed by atoms with Crippen LogP contribution in [0.1, 0.15) is 41.1 Å². The molecule has 11 heteroatoms. The molecule has 4 aliphatic heterocycles. The molecular weight excluding hydrogens is 530 g/mol. The standard InChI is InChI=1S/C30H35N3O8/c1-37-24-5-3-20-13-26(24)39-10-2-9-32(29(35)19-7-11-38-12-8-19)17-28(34)31-23-16-33(15-22(20)23)30(36)21-4-6-25-27(14-21)41-18-40-25/h3-6,13-14,19,22-23H,2,7-12,15-18H2,1H3,(H,31,34)/t22-,23+/m1/s1. The van der Waals surface area contributed by atoms with Crippen molar-refractivity contribution in [3.63, 3.8) is 0 Å². The number of ether oxygens (including phenoxy) is 5. The maximum absolute atomic E-state index is 13.6. The van der Waals surface area contributed by atoms with Crippen LogP contribution in [0.5, 0.6) is 23.0 Å². The van der Waals surface area contributed by atoms with Crippen LogP contribution in [0, 0.1) is 5.92 Å². The van der Waals surface area contributed by atoms with Gasteiger partial charge in [0.05, 0.1) is 26.3 Å². The fourth-order valence-corrected chi connectivity index (χ4v) is 6.04. The molecule has 0 spiro atoms. The summed E-state index contributed by atoms with van der Waals surface area (Å²) in [6.45, 7) is 2.65. The molecule has 0 saturated carbocycles. The van der Waals surface area contributed by atoms with Gasteiger partial charge in [0.15, 0.2) is 23.0 Å². The van der Waals surface area contributed by atoms with Gasteiger partial charge in [-0.05, 0) is 55.2 Å². The molecule has 0 aromatic heterocycles. The largest absolute Gasteiger partial charge is 0.493 e. The van der Waals surface area contributed by atoms with Gasteiger partial charge in [0.1, 0.15) is 0 Å². The Morgan fingerprint density at radius 3 is 2.59 bits per heavy atom. The van der Waals surface area contributed by atoms with Crippen molar-refractivity contribution in [3.05, 3.63) is 47.5 Å². The highest BCUT2D eigenvalue weighted by molar-refractivity contribution is 5.95. The number of carbonyl (C=O) groups is 3. The second-order valence-electron chi connectivity index (χ2n) is 10.8. The van der Waals surface area contributed by atoms with Crippen LogP contribution in [-0.2, 0) is 14.3 Å². The Hall–Kier alpha value is -3.99. The van der Waals surface area contributed by atoms with E-state index in [2.05, 4.69) is 5.32 Å². The van der Waals surface area contributed by atoms with Gasteiger partial charge in [-0.25, -0.2) is 0 Å². The predicted molar refractivity (Wildman–Crippen MR) is 146 cm³/mol. The molecule has 2 atom stereocenters. The molecular formula is C30H35N3O8. The molecule has 41 heavy (non-hydrogen) atoms. The van der Waals surface area contributed by atoms with Crippen LogP contribution < -0.4 is 24.3 Å². The summed E-state index contributed by atoms with van der Waals surface area (Å²) < 4.78 is 27.9. The quantitative estimate of drug-likeness (QED) is 0.602. The van der Waals surface area contributed by atoms with Crippen molar-refractivity contribution >= 4 is 17.7 Å². The molecule has 11 nitrogen and oxygen atoms in total. The number of hydrogen-bond acceptors (Lipinski definition) is 8. The lowest BCUT2D eigenvalue weighted by Gasteiger charge is -2.29. The lowest BCUT2D eigenvalue weighted by Crippen LogP contribution is -2.48. The second-order valence-corrected chi connectivity index (χ2v) is 10.8. The molecule has 3 amide bonds. The van der Waals surface area contributed by atoms with E-state index in [4.69, 9.17) is 23.7 Å². The van der Waals surface area contributed by atoms with Crippen molar-refractivity contribution in [2.75, 3.05) is 59.9 Å². The molecule has 4 heterocycles. The van der Waals surface area contributed by atoms with Crippen molar-refractivity contribution < 1.29 is 38.1 Å². The predicted octanol–water partition coefficient (Wildman–Crippen LogP) is 2.19. The molecule has 6 rings (SSSR count). The summed E-state index contributed by atoms with van der Waals surface area (Å²) in [5.41, 5.74) is 1.42. The van der Waals surface area contributed by atoms with E-state index in [9.17, 15) is 14.4 Å². The molecule has 218 valence electrons. The molecule has 1 N–H and O–H groups in total. The summed E-state index contributed by atoms with van der Waals surface area (Å²) in [4.78, 5) is 43.8. The van der Waals surface area contributed by atoms with E-state index in [1.54, 1.807) is 35.1 Å². The maximum atomic E-state index is 13.6. The zero-order chi connectivity index (χ0) is 28.3. The van der Waals surface area contributed by atoms with Gasteiger partial charge >= 0.3 is 0 Å². The van der Waals surface area contributed by atoms with Crippen LogP contribution in [0.2, 0.25) is 0 Å². The zero-order valence-electron chi connectivity index (χ0n) is 23.1. The first-order valence-electron chi connectivity index (χ1n) is 14.2. The van der Waals surface area contributed by atoms with Gasteiger partial charge in [0, 0.05) is 50.2 Å². The number of carbonyl (C=O) groups excluding carboxylic acids is 3. The van der Waals surface area contributed by atoms with Crippen molar-refractivity contribution in [1.82, 2.24) is 15.1 Å². The third kappa shape index (κ3) is 5.76. The maximum Gasteiger partial charge on any atom is 0.254 e. The van der Waals surface area contributed by atoms with Crippen LogP contribution >= 0.6 is 0 Å². The van der Waals surface area contributed by atoms with E-state index >= 15 is 0 Å². The Bertz CT molecular complexity index is 1310. The summed E-state index contributed by atoms with van der Waals surface area (Å²) in [5.74, 6) is 1.57. The van der Waals surface area contributed by atoms with Gasteiger partial charge < -0.3 is 38.8 Å². The smallest absolute Gasteiger partial charge is 0.254 e. The van der Waals surface area contributed by atoms with Crippen molar-refractivity contribution in [3.8, 4) is 23.0 Å². The van der Waals surface area contributed by atoms with E-state index in [0.29, 0.717) is 87.3 Å². The summed E-state index contributed by atoms with van der Waals surface area (Å²) in [6.07, 6.45) is 1.87. The van der Waals surface area contributed by atoms with Gasteiger partial charge in [0.2, 0.25) is 18.6 Å². The molecule has 0 unspecified atom stereocenters. The first-order valence-corrected chi connectivity index (χ1v) is 14.2. The number of hydrogen-bond donors (Lipinski definition) is 1. The average Bonchev–Trinajstić information content (AvgIpc) is 3.64. The molecule has 2 aromatic rings. The van der Waals surface area contributed by atoms with Crippen LogP contribution in [0.3, 0.4) is 0 Å². The number of fused-ring (bicyclic) bond motifs is 5. The number of methoxy groups -OCH3 is 1. The van der Waals surface area contributed by atoms with E-state index in [1.807, 2.05) is 18.2 Å². The normalized spacial score (nSPS) is 22.9. The fraction of sp³-hybridized carbons (Fsp3) is 0.500. The Morgan fingerprint density at radius 2 is 1.76 bits per heavy atom. The highest BCUT2D eigenvalue weighted by Gasteiger charge is 2.39. The Morgan fingerprint density at radius 1 is 0.927 bits per heavy atom.